The SMILES string of the molecule is c1ccc(-c2cccc(N(c3ccccc3)c3ccc4c(c3)oc3c4ccc4c3c3ccccc3n4-c3cccc(-c4ccccc4)c3)c2)cc1. The van der Waals surface area contributed by atoms with E-state index in [0.29, 0.717) is 0 Å². The fraction of sp³-hybridized carbons (Fsp3) is 0. The average Bonchev–Trinajstić information content (AvgIpc) is 3.75. The summed E-state index contributed by atoms with van der Waals surface area (Å²) in [6.07, 6.45) is 0. The second kappa shape index (κ2) is 11.9. The summed E-state index contributed by atoms with van der Waals surface area (Å²) in [5.74, 6) is 0. The molecule has 0 bridgehead atoms. The Morgan fingerprint density at radius 3 is 1.73 bits per heavy atom. The molecule has 0 saturated carbocycles. The van der Waals surface area contributed by atoms with Crippen LogP contribution in [0.15, 0.2) is 199 Å². The number of hydrogen-bond donors (Lipinski definition) is 0. The van der Waals surface area contributed by atoms with E-state index in [0.717, 1.165) is 61.1 Å². The Balaban J connectivity index is 1.16. The van der Waals surface area contributed by atoms with E-state index < -0.39 is 0 Å². The van der Waals surface area contributed by atoms with Gasteiger partial charge in [-0.15, -0.1) is 0 Å². The van der Waals surface area contributed by atoms with Crippen molar-refractivity contribution in [3.8, 4) is 27.9 Å². The van der Waals surface area contributed by atoms with Crippen LogP contribution in [0.3, 0.4) is 0 Å². The molecule has 2 heterocycles. The molecule has 0 aliphatic rings. The minimum absolute atomic E-state index is 0.859. The van der Waals surface area contributed by atoms with Crippen molar-refractivity contribution in [1.29, 1.82) is 0 Å². The third kappa shape index (κ3) is 4.90. The van der Waals surface area contributed by atoms with Gasteiger partial charge in [0, 0.05) is 45.0 Å². The number of aromatic nitrogens is 1. The molecule has 0 fully saturated rings. The number of furan rings is 1. The van der Waals surface area contributed by atoms with E-state index in [9.17, 15) is 0 Å². The van der Waals surface area contributed by atoms with Crippen LogP contribution in [0.5, 0.6) is 0 Å². The lowest BCUT2D eigenvalue weighted by atomic mass is 10.0. The summed E-state index contributed by atoms with van der Waals surface area (Å²) in [4.78, 5) is 2.31. The zero-order valence-corrected chi connectivity index (χ0v) is 27.8. The van der Waals surface area contributed by atoms with E-state index >= 15 is 0 Å². The predicted octanol–water partition coefficient (Wildman–Crippen LogP) is 13.5. The van der Waals surface area contributed by atoms with Crippen LogP contribution in [0, 0.1) is 0 Å². The van der Waals surface area contributed by atoms with Gasteiger partial charge in [0.1, 0.15) is 11.2 Å². The molecule has 51 heavy (non-hydrogen) atoms. The van der Waals surface area contributed by atoms with Crippen molar-refractivity contribution in [2.75, 3.05) is 4.90 Å². The van der Waals surface area contributed by atoms with E-state index in [2.05, 4.69) is 204 Å². The highest BCUT2D eigenvalue weighted by Crippen LogP contribution is 2.43. The van der Waals surface area contributed by atoms with Gasteiger partial charge in [0.05, 0.1) is 16.4 Å². The molecule has 240 valence electrons. The maximum absolute atomic E-state index is 6.93. The minimum atomic E-state index is 0.859. The number of rotatable bonds is 6. The van der Waals surface area contributed by atoms with Gasteiger partial charge in [-0.2, -0.15) is 0 Å². The van der Waals surface area contributed by atoms with Crippen LogP contribution in [0.4, 0.5) is 17.1 Å². The first-order valence-corrected chi connectivity index (χ1v) is 17.4. The molecule has 0 aliphatic heterocycles. The van der Waals surface area contributed by atoms with Crippen LogP contribution in [-0.4, -0.2) is 4.57 Å². The maximum atomic E-state index is 6.93. The molecule has 0 aliphatic carbocycles. The zero-order valence-electron chi connectivity index (χ0n) is 27.8. The highest BCUT2D eigenvalue weighted by molar-refractivity contribution is 6.24. The summed E-state index contributed by atoms with van der Waals surface area (Å²) >= 11 is 0. The van der Waals surface area contributed by atoms with Crippen molar-refractivity contribution in [3.05, 3.63) is 194 Å². The smallest absolute Gasteiger partial charge is 0.145 e. The molecule has 0 unspecified atom stereocenters. The molecule has 10 rings (SSSR count). The summed E-state index contributed by atoms with van der Waals surface area (Å²) in [6, 6.07) is 68.9. The van der Waals surface area contributed by atoms with Crippen LogP contribution in [-0.2, 0) is 0 Å². The number of anilines is 3. The number of hydrogen-bond acceptors (Lipinski definition) is 2. The van der Waals surface area contributed by atoms with E-state index in [4.69, 9.17) is 4.42 Å². The minimum Gasteiger partial charge on any atom is -0.455 e. The Bertz CT molecular complexity index is 2850. The molecule has 8 aromatic carbocycles. The second-order valence-electron chi connectivity index (χ2n) is 13.0. The highest BCUT2D eigenvalue weighted by Gasteiger charge is 2.20. The van der Waals surface area contributed by atoms with E-state index in [1.807, 2.05) is 0 Å². The summed E-state index contributed by atoms with van der Waals surface area (Å²) in [6.45, 7) is 0. The normalized spacial score (nSPS) is 11.5. The van der Waals surface area contributed by atoms with Crippen molar-refractivity contribution < 1.29 is 4.42 Å². The van der Waals surface area contributed by atoms with Crippen molar-refractivity contribution in [2.45, 2.75) is 0 Å². The van der Waals surface area contributed by atoms with Crippen LogP contribution >= 0.6 is 0 Å². The molecular weight excluding hydrogens is 621 g/mol. The van der Waals surface area contributed by atoms with Crippen LogP contribution in [0.25, 0.3) is 71.7 Å². The highest BCUT2D eigenvalue weighted by atomic mass is 16.3. The molecule has 0 N–H and O–H groups in total. The number of nitrogens with zero attached hydrogens (tertiary/aromatic N) is 2. The second-order valence-corrected chi connectivity index (χ2v) is 13.0. The number of fused-ring (bicyclic) bond motifs is 7. The lowest BCUT2D eigenvalue weighted by Gasteiger charge is -2.26. The molecule has 0 atom stereocenters. The monoisotopic (exact) mass is 652 g/mol. The molecule has 0 spiro atoms. The third-order valence-electron chi connectivity index (χ3n) is 9.95. The first kappa shape index (κ1) is 29.1. The Kier molecular flexibility index (Phi) is 6.81. The van der Waals surface area contributed by atoms with Crippen molar-refractivity contribution in [2.24, 2.45) is 0 Å². The topological polar surface area (TPSA) is 21.3 Å². The predicted molar refractivity (Wildman–Crippen MR) is 214 cm³/mol. The molecule has 0 saturated heterocycles. The summed E-state index contributed by atoms with van der Waals surface area (Å²) in [5.41, 5.74) is 13.1. The zero-order chi connectivity index (χ0) is 33.7. The van der Waals surface area contributed by atoms with Crippen molar-refractivity contribution in [3.63, 3.8) is 0 Å². The first-order valence-electron chi connectivity index (χ1n) is 17.4. The molecule has 3 heteroatoms. The quantitative estimate of drug-likeness (QED) is 0.178. The van der Waals surface area contributed by atoms with Gasteiger partial charge in [0.25, 0.3) is 0 Å². The van der Waals surface area contributed by atoms with Crippen LogP contribution in [0.2, 0.25) is 0 Å². The fourth-order valence-electron chi connectivity index (χ4n) is 7.63. The standard InChI is InChI=1S/C48H32N2O/c1-4-14-33(15-5-1)35-18-12-22-38(30-35)49(37-20-8-3-9-21-37)40-26-27-41-42-28-29-45-47(48(42)51-46(41)32-40)43-24-10-11-25-44(43)50(45)39-23-13-19-36(31-39)34-16-6-2-7-17-34/h1-32H. The van der Waals surface area contributed by atoms with Crippen LogP contribution in [0.1, 0.15) is 0 Å². The molecular formula is C48H32N2O. The summed E-state index contributed by atoms with van der Waals surface area (Å²) in [5, 5.41) is 4.51. The third-order valence-corrected chi connectivity index (χ3v) is 9.95. The lowest BCUT2D eigenvalue weighted by Crippen LogP contribution is -2.09. The first-order chi connectivity index (χ1) is 25.3. The molecule has 3 nitrogen and oxygen atoms in total. The van der Waals surface area contributed by atoms with E-state index in [-0.39, 0.29) is 0 Å². The number of benzene rings is 8. The Labute approximate surface area is 295 Å². The molecule has 0 amide bonds. The fourth-order valence-corrected chi connectivity index (χ4v) is 7.63. The average molecular weight is 653 g/mol. The van der Waals surface area contributed by atoms with Gasteiger partial charge in [0.15, 0.2) is 0 Å². The largest absolute Gasteiger partial charge is 0.455 e. The lowest BCUT2D eigenvalue weighted by molar-refractivity contribution is 0.673. The van der Waals surface area contributed by atoms with Gasteiger partial charge in [0.2, 0.25) is 0 Å². The number of para-hydroxylation sites is 2. The van der Waals surface area contributed by atoms with Gasteiger partial charge in [-0.1, -0.05) is 121 Å². The van der Waals surface area contributed by atoms with Gasteiger partial charge >= 0.3 is 0 Å². The van der Waals surface area contributed by atoms with Gasteiger partial charge < -0.3 is 13.9 Å². The van der Waals surface area contributed by atoms with Gasteiger partial charge in [-0.3, -0.25) is 0 Å². The Morgan fingerprint density at radius 1 is 0.373 bits per heavy atom. The van der Waals surface area contributed by atoms with Crippen molar-refractivity contribution in [1.82, 2.24) is 4.57 Å². The van der Waals surface area contributed by atoms with Gasteiger partial charge in [-0.05, 0) is 89.0 Å². The molecule has 0 radical (unpaired) electrons. The van der Waals surface area contributed by atoms with Crippen molar-refractivity contribution >= 4 is 60.8 Å². The molecule has 10 aromatic rings. The molecule has 2 aromatic heterocycles. The van der Waals surface area contributed by atoms with Crippen LogP contribution < -0.4 is 4.90 Å². The Hall–Kier alpha value is -6.84. The van der Waals surface area contributed by atoms with E-state index in [1.165, 1.54) is 27.6 Å². The maximum Gasteiger partial charge on any atom is 0.145 e. The summed E-state index contributed by atoms with van der Waals surface area (Å²) < 4.78 is 9.30. The Morgan fingerprint density at radius 2 is 0.961 bits per heavy atom. The van der Waals surface area contributed by atoms with E-state index in [1.54, 1.807) is 0 Å². The van der Waals surface area contributed by atoms with Gasteiger partial charge in [-0.25, -0.2) is 0 Å². The summed E-state index contributed by atoms with van der Waals surface area (Å²) in [7, 11) is 0.